The number of morpholine rings is 1. The standard InChI is InChI=1S/C28H28N4O3/c1-21(33)28-29-12-13-32(28)20-26-18-27(30-35-26)25-10-8-23(9-11-25)3-2-22-4-6-24(7-5-22)19-31-14-16-34-17-15-31/h4-13,18,21,33H,14-17,19-20H2,1H3/t21-/m0/s1. The summed E-state index contributed by atoms with van der Waals surface area (Å²) in [4.78, 5) is 6.60. The van der Waals surface area contributed by atoms with Gasteiger partial charge < -0.3 is 18.9 Å². The second-order valence-electron chi connectivity index (χ2n) is 8.68. The largest absolute Gasteiger partial charge is 0.385 e. The predicted octanol–water partition coefficient (Wildman–Crippen LogP) is 3.87. The average Bonchev–Trinajstić information content (AvgIpc) is 3.55. The van der Waals surface area contributed by atoms with Gasteiger partial charge in [0.2, 0.25) is 0 Å². The molecule has 0 aliphatic carbocycles. The van der Waals surface area contributed by atoms with E-state index in [0.717, 1.165) is 55.2 Å². The number of rotatable bonds is 6. The van der Waals surface area contributed by atoms with Crippen molar-refractivity contribution in [3.05, 3.63) is 95.3 Å². The van der Waals surface area contributed by atoms with E-state index in [1.54, 1.807) is 13.1 Å². The molecule has 4 aromatic rings. The maximum absolute atomic E-state index is 9.82. The molecule has 1 fully saturated rings. The molecule has 7 heteroatoms. The smallest absolute Gasteiger partial charge is 0.157 e. The zero-order valence-corrected chi connectivity index (χ0v) is 19.7. The van der Waals surface area contributed by atoms with E-state index >= 15 is 0 Å². The van der Waals surface area contributed by atoms with Crippen LogP contribution < -0.4 is 0 Å². The SMILES string of the molecule is C[C@H](O)c1nccn1Cc1cc(-c2ccc(C#Cc3ccc(CN4CCOCC4)cc3)cc2)no1. The predicted molar refractivity (Wildman–Crippen MR) is 132 cm³/mol. The van der Waals surface area contributed by atoms with E-state index in [0.29, 0.717) is 18.1 Å². The van der Waals surface area contributed by atoms with Gasteiger partial charge in [0.15, 0.2) is 5.76 Å². The van der Waals surface area contributed by atoms with Crippen LogP contribution in [0.25, 0.3) is 11.3 Å². The summed E-state index contributed by atoms with van der Waals surface area (Å²) in [5.74, 6) is 7.78. The van der Waals surface area contributed by atoms with Crippen molar-refractivity contribution in [2.24, 2.45) is 0 Å². The summed E-state index contributed by atoms with van der Waals surface area (Å²) in [6.07, 6.45) is 2.84. The van der Waals surface area contributed by atoms with Gasteiger partial charge in [-0.15, -0.1) is 0 Å². The van der Waals surface area contributed by atoms with Crippen LogP contribution >= 0.6 is 0 Å². The van der Waals surface area contributed by atoms with Crippen LogP contribution in [0, 0.1) is 11.8 Å². The molecule has 2 aromatic carbocycles. The monoisotopic (exact) mass is 468 g/mol. The van der Waals surface area contributed by atoms with E-state index in [4.69, 9.17) is 9.26 Å². The quantitative estimate of drug-likeness (QED) is 0.433. The Morgan fingerprint density at radius 1 is 0.971 bits per heavy atom. The molecule has 0 unspecified atom stereocenters. The lowest BCUT2D eigenvalue weighted by Gasteiger charge is -2.26. The zero-order chi connectivity index (χ0) is 24.0. The summed E-state index contributed by atoms with van der Waals surface area (Å²) in [6.45, 7) is 6.71. The van der Waals surface area contributed by atoms with Crippen molar-refractivity contribution >= 4 is 0 Å². The molecule has 1 aliphatic heterocycles. The second-order valence-corrected chi connectivity index (χ2v) is 8.68. The second kappa shape index (κ2) is 10.7. The number of benzene rings is 2. The fourth-order valence-corrected chi connectivity index (χ4v) is 4.09. The highest BCUT2D eigenvalue weighted by Crippen LogP contribution is 2.21. The highest BCUT2D eigenvalue weighted by atomic mass is 16.5. The topological polar surface area (TPSA) is 76.6 Å². The van der Waals surface area contributed by atoms with Crippen molar-refractivity contribution in [1.29, 1.82) is 0 Å². The number of hydrogen-bond acceptors (Lipinski definition) is 6. The molecule has 1 atom stereocenters. The third-order valence-electron chi connectivity index (χ3n) is 6.00. The minimum Gasteiger partial charge on any atom is -0.385 e. The van der Waals surface area contributed by atoms with E-state index in [1.165, 1.54) is 5.56 Å². The molecule has 2 aromatic heterocycles. The van der Waals surface area contributed by atoms with Crippen molar-refractivity contribution in [2.45, 2.75) is 26.1 Å². The summed E-state index contributed by atoms with van der Waals surface area (Å²) in [7, 11) is 0. The van der Waals surface area contributed by atoms with E-state index in [-0.39, 0.29) is 0 Å². The molecule has 7 nitrogen and oxygen atoms in total. The van der Waals surface area contributed by atoms with E-state index in [9.17, 15) is 5.11 Å². The van der Waals surface area contributed by atoms with Gasteiger partial charge in [-0.25, -0.2) is 4.98 Å². The lowest BCUT2D eigenvalue weighted by molar-refractivity contribution is 0.0342. The molecule has 0 bridgehead atoms. The summed E-state index contributed by atoms with van der Waals surface area (Å²) < 4.78 is 12.8. The third-order valence-corrected chi connectivity index (χ3v) is 6.00. The maximum Gasteiger partial charge on any atom is 0.157 e. The van der Waals surface area contributed by atoms with Gasteiger partial charge in [-0.2, -0.15) is 0 Å². The van der Waals surface area contributed by atoms with Crippen LogP contribution in [0.1, 0.15) is 41.3 Å². The van der Waals surface area contributed by atoms with Crippen molar-refractivity contribution < 1.29 is 14.4 Å². The van der Waals surface area contributed by atoms with Gasteiger partial charge in [0, 0.05) is 54.8 Å². The Labute approximate surface area is 205 Å². The van der Waals surface area contributed by atoms with Gasteiger partial charge in [0.25, 0.3) is 0 Å². The molecule has 178 valence electrons. The normalized spacial score (nSPS) is 14.9. The van der Waals surface area contributed by atoms with Crippen LogP contribution in [0.5, 0.6) is 0 Å². The first-order chi connectivity index (χ1) is 17.1. The van der Waals surface area contributed by atoms with Gasteiger partial charge in [-0.05, 0) is 36.8 Å². The molecule has 5 rings (SSSR count). The number of hydrogen-bond donors (Lipinski definition) is 1. The van der Waals surface area contributed by atoms with Gasteiger partial charge >= 0.3 is 0 Å². The van der Waals surface area contributed by atoms with Crippen molar-refractivity contribution in [1.82, 2.24) is 19.6 Å². The fraction of sp³-hybridized carbons (Fsp3) is 0.286. The van der Waals surface area contributed by atoms with Crippen molar-refractivity contribution in [3.63, 3.8) is 0 Å². The minimum atomic E-state index is -0.644. The van der Waals surface area contributed by atoms with E-state index in [2.05, 4.69) is 51.1 Å². The number of imidazole rings is 1. The first-order valence-corrected chi connectivity index (χ1v) is 11.8. The minimum absolute atomic E-state index is 0.460. The molecule has 0 amide bonds. The Morgan fingerprint density at radius 3 is 2.34 bits per heavy atom. The maximum atomic E-state index is 9.82. The first kappa shape index (κ1) is 23.1. The molecule has 35 heavy (non-hydrogen) atoms. The van der Waals surface area contributed by atoms with Gasteiger partial charge in [0.1, 0.15) is 17.6 Å². The zero-order valence-electron chi connectivity index (χ0n) is 19.7. The fourth-order valence-electron chi connectivity index (χ4n) is 4.09. The molecular weight excluding hydrogens is 440 g/mol. The molecule has 1 saturated heterocycles. The Bertz CT molecular complexity index is 1300. The van der Waals surface area contributed by atoms with E-state index in [1.807, 2.05) is 41.1 Å². The molecule has 0 radical (unpaired) electrons. The molecule has 1 N–H and O–H groups in total. The molecular formula is C28H28N4O3. The Morgan fingerprint density at radius 2 is 1.66 bits per heavy atom. The van der Waals surface area contributed by atoms with Crippen LogP contribution in [-0.4, -0.2) is 51.0 Å². The first-order valence-electron chi connectivity index (χ1n) is 11.8. The Hall–Kier alpha value is -3.70. The van der Waals surface area contributed by atoms with Gasteiger partial charge in [-0.1, -0.05) is 41.3 Å². The van der Waals surface area contributed by atoms with Crippen LogP contribution in [0.4, 0.5) is 0 Å². The lowest BCUT2D eigenvalue weighted by atomic mass is 10.1. The highest BCUT2D eigenvalue weighted by molar-refractivity contribution is 5.60. The molecule has 0 spiro atoms. The average molecular weight is 469 g/mol. The summed E-state index contributed by atoms with van der Waals surface area (Å²) in [5.41, 5.74) is 4.95. The van der Waals surface area contributed by atoms with Crippen LogP contribution in [0.2, 0.25) is 0 Å². The van der Waals surface area contributed by atoms with Crippen LogP contribution in [0.15, 0.2) is 71.5 Å². The number of aliphatic hydroxyl groups excluding tert-OH is 1. The highest BCUT2D eigenvalue weighted by Gasteiger charge is 2.13. The van der Waals surface area contributed by atoms with Crippen molar-refractivity contribution in [3.8, 4) is 23.1 Å². The number of nitrogens with zero attached hydrogens (tertiary/aromatic N) is 4. The van der Waals surface area contributed by atoms with Gasteiger partial charge in [0.05, 0.1) is 19.8 Å². The third kappa shape index (κ3) is 5.87. The lowest BCUT2D eigenvalue weighted by Crippen LogP contribution is -2.35. The summed E-state index contributed by atoms with van der Waals surface area (Å²) in [6, 6.07) is 18.3. The van der Waals surface area contributed by atoms with Crippen molar-refractivity contribution in [2.75, 3.05) is 26.3 Å². The van der Waals surface area contributed by atoms with Crippen LogP contribution in [-0.2, 0) is 17.8 Å². The van der Waals surface area contributed by atoms with E-state index < -0.39 is 6.10 Å². The number of aliphatic hydroxyl groups is 1. The molecule has 3 heterocycles. The van der Waals surface area contributed by atoms with Gasteiger partial charge in [-0.3, -0.25) is 4.90 Å². The summed E-state index contributed by atoms with van der Waals surface area (Å²) >= 11 is 0. The summed E-state index contributed by atoms with van der Waals surface area (Å²) in [5, 5.41) is 14.0. The Kier molecular flexibility index (Phi) is 7.05. The van der Waals surface area contributed by atoms with Crippen LogP contribution in [0.3, 0.4) is 0 Å². The molecule has 1 aliphatic rings. The number of ether oxygens (including phenoxy) is 1. The Balaban J connectivity index is 1.20. The number of aromatic nitrogens is 3. The molecule has 0 saturated carbocycles.